The molecular weight excluding hydrogens is 821 g/mol. The zero-order chi connectivity index (χ0) is 48.2. The maximum absolute atomic E-state index is 13.2. The van der Waals surface area contributed by atoms with Crippen molar-refractivity contribution in [2.24, 2.45) is 17.8 Å². The van der Waals surface area contributed by atoms with Crippen molar-refractivity contribution in [3.63, 3.8) is 0 Å². The van der Waals surface area contributed by atoms with Crippen LogP contribution in [0.25, 0.3) is 0 Å². The molecule has 1 aliphatic heterocycles. The van der Waals surface area contributed by atoms with Crippen molar-refractivity contribution in [3.05, 3.63) is 0 Å². The maximum Gasteiger partial charge on any atom is 0.308 e. The summed E-state index contributed by atoms with van der Waals surface area (Å²) in [4.78, 5) is 39.3. The molecule has 1 fully saturated rings. The summed E-state index contributed by atoms with van der Waals surface area (Å²) in [5, 5.41) is 0. The van der Waals surface area contributed by atoms with Gasteiger partial charge in [-0.3, -0.25) is 14.4 Å². The van der Waals surface area contributed by atoms with Gasteiger partial charge in [0.25, 0.3) is 5.79 Å². The molecular formula is C59H112O7. The van der Waals surface area contributed by atoms with Crippen LogP contribution < -0.4 is 0 Å². The molecule has 0 bridgehead atoms. The molecule has 1 heterocycles. The molecule has 0 N–H and O–H groups in total. The van der Waals surface area contributed by atoms with Gasteiger partial charge in [-0.15, -0.1) is 0 Å². The van der Waals surface area contributed by atoms with E-state index in [-0.39, 0.29) is 24.5 Å². The molecule has 0 saturated carbocycles. The van der Waals surface area contributed by atoms with E-state index < -0.39 is 11.9 Å². The van der Waals surface area contributed by atoms with Crippen LogP contribution >= 0.6 is 0 Å². The van der Waals surface area contributed by atoms with Crippen LogP contribution in [-0.4, -0.2) is 43.0 Å². The zero-order valence-electron chi connectivity index (χ0n) is 45.0. The van der Waals surface area contributed by atoms with Crippen molar-refractivity contribution in [3.8, 4) is 0 Å². The zero-order valence-corrected chi connectivity index (χ0v) is 45.0. The van der Waals surface area contributed by atoms with Crippen LogP contribution in [0.4, 0.5) is 0 Å². The van der Waals surface area contributed by atoms with Crippen LogP contribution in [0.1, 0.15) is 318 Å². The fourth-order valence-corrected chi connectivity index (χ4v) is 9.43. The number of unbranched alkanes of at least 4 members (excludes halogenated alkanes) is 33. The van der Waals surface area contributed by atoms with Gasteiger partial charge in [-0.25, -0.2) is 0 Å². The van der Waals surface area contributed by atoms with Gasteiger partial charge in [0.15, 0.2) is 0 Å². The van der Waals surface area contributed by atoms with E-state index in [1.807, 2.05) is 0 Å². The lowest BCUT2D eigenvalue weighted by Crippen LogP contribution is -2.59. The van der Waals surface area contributed by atoms with Crippen molar-refractivity contribution < 1.29 is 33.3 Å². The number of rotatable bonds is 50. The molecule has 0 spiro atoms. The van der Waals surface area contributed by atoms with Crippen molar-refractivity contribution in [2.45, 2.75) is 330 Å². The molecule has 390 valence electrons. The van der Waals surface area contributed by atoms with Gasteiger partial charge < -0.3 is 18.9 Å². The molecule has 2 atom stereocenters. The second-order valence-corrected chi connectivity index (χ2v) is 22.1. The van der Waals surface area contributed by atoms with E-state index in [0.717, 1.165) is 75.5 Å². The van der Waals surface area contributed by atoms with Gasteiger partial charge in [-0.1, -0.05) is 273 Å². The summed E-state index contributed by atoms with van der Waals surface area (Å²) >= 11 is 0. The van der Waals surface area contributed by atoms with Crippen molar-refractivity contribution in [1.29, 1.82) is 0 Å². The molecule has 1 saturated heterocycles. The minimum Gasteiger partial charge on any atom is -0.461 e. The third kappa shape index (κ3) is 39.2. The van der Waals surface area contributed by atoms with Gasteiger partial charge in [0.1, 0.15) is 6.61 Å². The molecule has 2 unspecified atom stereocenters. The first-order valence-corrected chi connectivity index (χ1v) is 29.2. The molecule has 1 aliphatic rings. The smallest absolute Gasteiger partial charge is 0.308 e. The highest BCUT2D eigenvalue weighted by molar-refractivity contribution is 5.71. The number of carbonyl (C=O) groups excluding carboxylic acids is 3. The molecule has 7 heteroatoms. The Labute approximate surface area is 410 Å². The van der Waals surface area contributed by atoms with Crippen LogP contribution in [0.5, 0.6) is 0 Å². The van der Waals surface area contributed by atoms with E-state index in [0.29, 0.717) is 32.3 Å². The van der Waals surface area contributed by atoms with Gasteiger partial charge in [0.2, 0.25) is 6.10 Å². The van der Waals surface area contributed by atoms with Gasteiger partial charge >= 0.3 is 17.9 Å². The number of ether oxygens (including phenoxy) is 4. The first kappa shape index (κ1) is 62.4. The number of carbonyl (C=O) groups is 3. The van der Waals surface area contributed by atoms with E-state index in [1.165, 1.54) is 193 Å². The minimum atomic E-state index is -1.39. The molecule has 0 aromatic rings. The Balaban J connectivity index is 2.42. The number of hydrogen-bond acceptors (Lipinski definition) is 7. The van der Waals surface area contributed by atoms with Crippen molar-refractivity contribution >= 4 is 17.9 Å². The van der Waals surface area contributed by atoms with Gasteiger partial charge in [-0.2, -0.15) is 0 Å². The topological polar surface area (TPSA) is 88.1 Å². The number of esters is 3. The number of hydrogen-bond donors (Lipinski definition) is 0. The van der Waals surface area contributed by atoms with E-state index in [1.54, 1.807) is 0 Å². The second-order valence-electron chi connectivity index (χ2n) is 22.1. The quantitative estimate of drug-likeness (QED) is 0.0341. The Bertz CT molecular complexity index is 1100. The largest absolute Gasteiger partial charge is 0.461 e. The first-order chi connectivity index (χ1) is 32.0. The third-order valence-electron chi connectivity index (χ3n) is 14.0. The van der Waals surface area contributed by atoms with Gasteiger partial charge in [0, 0.05) is 25.7 Å². The summed E-state index contributed by atoms with van der Waals surface area (Å²) in [5.41, 5.74) is 0. The molecule has 1 rings (SSSR count). The summed E-state index contributed by atoms with van der Waals surface area (Å²) < 4.78 is 23.6. The molecule has 0 amide bonds. The van der Waals surface area contributed by atoms with E-state index in [9.17, 15) is 14.4 Å². The maximum atomic E-state index is 13.2. The first-order valence-electron chi connectivity index (χ1n) is 29.2. The molecule has 0 aromatic carbocycles. The SMILES string of the molecule is CC(C)CCCCCCCCCCCCCCC(=O)OCC(OC(=O)CCCCCCCCCCCCCCC(C)C)C1(OC(=O)CCCCCCCCCCCCCCC(C)C)CCO1. The van der Waals surface area contributed by atoms with Crippen LogP contribution in [0.2, 0.25) is 0 Å². The normalized spacial score (nSPS) is 15.4. The average Bonchev–Trinajstić information content (AvgIpc) is 3.26. The lowest BCUT2D eigenvalue weighted by Gasteiger charge is -2.44. The Morgan fingerprint density at radius 2 is 0.636 bits per heavy atom. The van der Waals surface area contributed by atoms with E-state index in [2.05, 4.69) is 41.5 Å². The third-order valence-corrected chi connectivity index (χ3v) is 14.0. The van der Waals surface area contributed by atoms with Crippen molar-refractivity contribution in [1.82, 2.24) is 0 Å². The highest BCUT2D eigenvalue weighted by Crippen LogP contribution is 2.35. The highest BCUT2D eigenvalue weighted by atomic mass is 16.8. The van der Waals surface area contributed by atoms with Crippen LogP contribution in [0.15, 0.2) is 0 Å². The summed E-state index contributed by atoms with van der Waals surface area (Å²) in [6, 6.07) is 0. The summed E-state index contributed by atoms with van der Waals surface area (Å²) in [7, 11) is 0. The van der Waals surface area contributed by atoms with E-state index >= 15 is 0 Å². The second kappa shape index (κ2) is 44.6. The minimum absolute atomic E-state index is 0.161. The molecule has 0 radical (unpaired) electrons. The summed E-state index contributed by atoms with van der Waals surface area (Å²) in [5.74, 6) is 0.103. The van der Waals surface area contributed by atoms with Crippen LogP contribution in [0, 0.1) is 17.8 Å². The average molecular weight is 934 g/mol. The highest BCUT2D eigenvalue weighted by Gasteiger charge is 2.52. The molecule has 0 aliphatic carbocycles. The Hall–Kier alpha value is -1.63. The van der Waals surface area contributed by atoms with E-state index in [4.69, 9.17) is 18.9 Å². The Morgan fingerprint density at radius 1 is 0.379 bits per heavy atom. The predicted molar refractivity (Wildman–Crippen MR) is 279 cm³/mol. The van der Waals surface area contributed by atoms with Gasteiger partial charge in [-0.05, 0) is 37.0 Å². The monoisotopic (exact) mass is 933 g/mol. The fraction of sp³-hybridized carbons (Fsp3) is 0.949. The van der Waals surface area contributed by atoms with Crippen LogP contribution in [0.3, 0.4) is 0 Å². The Morgan fingerprint density at radius 3 is 0.909 bits per heavy atom. The lowest BCUT2D eigenvalue weighted by molar-refractivity contribution is -0.335. The fourth-order valence-electron chi connectivity index (χ4n) is 9.43. The predicted octanol–water partition coefficient (Wildman–Crippen LogP) is 18.5. The molecule has 66 heavy (non-hydrogen) atoms. The van der Waals surface area contributed by atoms with Crippen LogP contribution in [-0.2, 0) is 33.3 Å². The summed E-state index contributed by atoms with van der Waals surface area (Å²) in [6.07, 6.45) is 49.0. The molecule has 7 nitrogen and oxygen atoms in total. The summed E-state index contributed by atoms with van der Waals surface area (Å²) in [6.45, 7) is 14.1. The lowest BCUT2D eigenvalue weighted by atomic mass is 10.0. The van der Waals surface area contributed by atoms with Crippen molar-refractivity contribution in [2.75, 3.05) is 13.2 Å². The Kier molecular flexibility index (Phi) is 42.1. The van der Waals surface area contributed by atoms with Gasteiger partial charge in [0.05, 0.1) is 6.61 Å². The standard InChI is InChI=1S/C59H112O7/c1-52(2)43-37-31-25-19-13-7-10-16-22-28-34-40-46-56(60)63-51-55(65-57(61)47-41-35-29-23-17-11-8-14-20-26-32-38-44-53(3)4)59(49-50-64-59)66-58(62)48-42-36-30-24-18-12-9-15-21-27-33-39-45-54(5)6/h52-55H,7-51H2,1-6H3. The molecule has 0 aromatic heterocycles.